The molecule has 0 fully saturated rings. The minimum absolute atomic E-state index is 0.126. The number of hydrogen-bond acceptors (Lipinski definition) is 1. The van der Waals surface area contributed by atoms with Gasteiger partial charge in [-0.3, -0.25) is 0 Å². The second-order valence-electron chi connectivity index (χ2n) is 4.44. The van der Waals surface area contributed by atoms with E-state index in [1.807, 2.05) is 49.4 Å². The molecule has 1 N–H and O–H groups in total. The minimum Gasteiger partial charge on any atom is -0.320 e. The lowest BCUT2D eigenvalue weighted by Crippen LogP contribution is -2.34. The molecule has 0 unspecified atom stereocenters. The Hall–Kier alpha value is -2.00. The van der Waals surface area contributed by atoms with E-state index in [2.05, 4.69) is 5.32 Å². The van der Waals surface area contributed by atoms with Crippen LogP contribution in [-0.4, -0.2) is 17.5 Å². The zero-order chi connectivity index (χ0) is 14.4. The number of rotatable bonds is 4. The molecule has 0 saturated heterocycles. The van der Waals surface area contributed by atoms with Gasteiger partial charge in [0.05, 0.1) is 0 Å². The van der Waals surface area contributed by atoms with Crippen LogP contribution in [0.2, 0.25) is 5.02 Å². The molecule has 0 saturated carbocycles. The number of nitrogens with zero attached hydrogens (tertiary/aromatic N) is 1. The number of amides is 2. The van der Waals surface area contributed by atoms with Crippen LogP contribution < -0.4 is 5.32 Å². The first-order chi connectivity index (χ1) is 9.69. The Labute approximate surface area is 124 Å². The van der Waals surface area contributed by atoms with Crippen molar-refractivity contribution in [2.75, 3.05) is 11.9 Å². The number of anilines is 1. The Kier molecular flexibility index (Phi) is 5.02. The second kappa shape index (κ2) is 6.96. The van der Waals surface area contributed by atoms with Crippen molar-refractivity contribution in [3.05, 3.63) is 65.2 Å². The number of hydrogen-bond donors (Lipinski definition) is 1. The Morgan fingerprint density at radius 1 is 1.15 bits per heavy atom. The molecule has 0 aliphatic carbocycles. The maximum atomic E-state index is 12.2. The third kappa shape index (κ3) is 4.00. The summed E-state index contributed by atoms with van der Waals surface area (Å²) in [7, 11) is 0. The predicted octanol–water partition coefficient (Wildman–Crippen LogP) is 4.39. The smallest absolute Gasteiger partial charge is 0.320 e. The third-order valence-corrected chi connectivity index (χ3v) is 3.20. The monoisotopic (exact) mass is 288 g/mol. The molecule has 0 atom stereocenters. The molecule has 0 aliphatic heterocycles. The first kappa shape index (κ1) is 14.4. The first-order valence-electron chi connectivity index (χ1n) is 6.54. The lowest BCUT2D eigenvalue weighted by molar-refractivity contribution is 0.212. The Morgan fingerprint density at radius 3 is 2.55 bits per heavy atom. The number of halogens is 1. The zero-order valence-electron chi connectivity index (χ0n) is 11.3. The van der Waals surface area contributed by atoms with E-state index in [1.54, 1.807) is 17.0 Å². The number of urea groups is 1. The van der Waals surface area contributed by atoms with Gasteiger partial charge in [-0.2, -0.15) is 0 Å². The Bertz CT molecular complexity index is 572. The average molecular weight is 289 g/mol. The molecule has 0 heterocycles. The topological polar surface area (TPSA) is 32.3 Å². The van der Waals surface area contributed by atoms with Gasteiger partial charge < -0.3 is 10.2 Å². The van der Waals surface area contributed by atoms with Gasteiger partial charge in [-0.1, -0.05) is 48.0 Å². The van der Waals surface area contributed by atoms with Crippen molar-refractivity contribution in [3.8, 4) is 0 Å². The Morgan fingerprint density at radius 2 is 1.90 bits per heavy atom. The lowest BCUT2D eigenvalue weighted by atomic mass is 10.2. The van der Waals surface area contributed by atoms with Gasteiger partial charge in [0.25, 0.3) is 0 Å². The fraction of sp³-hybridized carbons (Fsp3) is 0.188. The van der Waals surface area contributed by atoms with E-state index < -0.39 is 0 Å². The van der Waals surface area contributed by atoms with E-state index >= 15 is 0 Å². The molecule has 2 amide bonds. The number of carbonyl (C=O) groups is 1. The fourth-order valence-electron chi connectivity index (χ4n) is 1.90. The summed E-state index contributed by atoms with van der Waals surface area (Å²) < 4.78 is 0. The van der Waals surface area contributed by atoms with Crippen molar-refractivity contribution in [2.45, 2.75) is 13.5 Å². The van der Waals surface area contributed by atoms with E-state index in [-0.39, 0.29) is 6.03 Å². The van der Waals surface area contributed by atoms with Crippen molar-refractivity contribution in [2.24, 2.45) is 0 Å². The van der Waals surface area contributed by atoms with Gasteiger partial charge in [0.1, 0.15) is 0 Å². The lowest BCUT2D eigenvalue weighted by Gasteiger charge is -2.21. The third-order valence-electron chi connectivity index (χ3n) is 2.96. The second-order valence-corrected chi connectivity index (χ2v) is 4.88. The normalized spacial score (nSPS) is 10.1. The molecular formula is C16H17ClN2O. The maximum absolute atomic E-state index is 12.2. The van der Waals surface area contributed by atoms with Gasteiger partial charge in [-0.05, 0) is 30.7 Å². The predicted molar refractivity (Wildman–Crippen MR) is 83.0 cm³/mol. The van der Waals surface area contributed by atoms with Gasteiger partial charge in [0.2, 0.25) is 0 Å². The van der Waals surface area contributed by atoms with Crippen LogP contribution in [0.25, 0.3) is 0 Å². The van der Waals surface area contributed by atoms with Gasteiger partial charge in [-0.15, -0.1) is 0 Å². The molecular weight excluding hydrogens is 272 g/mol. The summed E-state index contributed by atoms with van der Waals surface area (Å²) >= 11 is 5.91. The molecule has 2 aromatic rings. The molecule has 0 bridgehead atoms. The SMILES string of the molecule is CCN(Cc1ccccc1)C(=O)Nc1cccc(Cl)c1. The summed E-state index contributed by atoms with van der Waals surface area (Å²) in [6.45, 7) is 3.19. The highest BCUT2D eigenvalue weighted by Crippen LogP contribution is 2.16. The highest BCUT2D eigenvalue weighted by molar-refractivity contribution is 6.30. The van der Waals surface area contributed by atoms with Crippen LogP contribution in [0.3, 0.4) is 0 Å². The summed E-state index contributed by atoms with van der Waals surface area (Å²) in [5.41, 5.74) is 1.81. The quantitative estimate of drug-likeness (QED) is 0.889. The van der Waals surface area contributed by atoms with E-state index in [1.165, 1.54) is 0 Å². The van der Waals surface area contributed by atoms with E-state index in [0.29, 0.717) is 23.8 Å². The molecule has 0 aliphatic rings. The number of benzene rings is 2. The van der Waals surface area contributed by atoms with Gasteiger partial charge >= 0.3 is 6.03 Å². The summed E-state index contributed by atoms with van der Waals surface area (Å²) in [5.74, 6) is 0. The van der Waals surface area contributed by atoms with Gasteiger partial charge in [-0.25, -0.2) is 4.79 Å². The average Bonchev–Trinajstić information content (AvgIpc) is 2.45. The number of nitrogens with one attached hydrogen (secondary N) is 1. The van der Waals surface area contributed by atoms with E-state index in [4.69, 9.17) is 11.6 Å². The van der Waals surface area contributed by atoms with Gasteiger partial charge in [0, 0.05) is 23.8 Å². The molecule has 0 aromatic heterocycles. The van der Waals surface area contributed by atoms with Crippen molar-refractivity contribution >= 4 is 23.3 Å². The van der Waals surface area contributed by atoms with E-state index in [9.17, 15) is 4.79 Å². The first-order valence-corrected chi connectivity index (χ1v) is 6.92. The number of carbonyl (C=O) groups excluding carboxylic acids is 1. The van der Waals surface area contributed by atoms with Crippen LogP contribution in [0.15, 0.2) is 54.6 Å². The molecule has 0 radical (unpaired) electrons. The van der Waals surface area contributed by atoms with Crippen molar-refractivity contribution in [1.29, 1.82) is 0 Å². The fourth-order valence-corrected chi connectivity index (χ4v) is 2.09. The van der Waals surface area contributed by atoms with Crippen LogP contribution in [0, 0.1) is 0 Å². The summed E-state index contributed by atoms with van der Waals surface area (Å²) in [6, 6.07) is 16.9. The molecule has 2 aromatic carbocycles. The summed E-state index contributed by atoms with van der Waals surface area (Å²) in [6.07, 6.45) is 0. The van der Waals surface area contributed by atoms with Crippen LogP contribution in [-0.2, 0) is 6.54 Å². The van der Waals surface area contributed by atoms with Crippen LogP contribution in [0.4, 0.5) is 10.5 Å². The van der Waals surface area contributed by atoms with E-state index in [0.717, 1.165) is 5.56 Å². The minimum atomic E-state index is -0.126. The molecule has 0 spiro atoms. The summed E-state index contributed by atoms with van der Waals surface area (Å²) in [5, 5.41) is 3.46. The van der Waals surface area contributed by atoms with Crippen LogP contribution in [0.5, 0.6) is 0 Å². The largest absolute Gasteiger partial charge is 0.322 e. The molecule has 3 nitrogen and oxygen atoms in total. The molecule has 20 heavy (non-hydrogen) atoms. The van der Waals surface area contributed by atoms with Crippen molar-refractivity contribution in [1.82, 2.24) is 4.90 Å². The zero-order valence-corrected chi connectivity index (χ0v) is 12.1. The van der Waals surface area contributed by atoms with Crippen LogP contribution >= 0.6 is 11.6 Å². The maximum Gasteiger partial charge on any atom is 0.322 e. The van der Waals surface area contributed by atoms with Gasteiger partial charge in [0.15, 0.2) is 0 Å². The molecule has 4 heteroatoms. The molecule has 2 rings (SSSR count). The van der Waals surface area contributed by atoms with Crippen molar-refractivity contribution in [3.63, 3.8) is 0 Å². The standard InChI is InChI=1S/C16H17ClN2O/c1-2-19(12-13-7-4-3-5-8-13)16(20)18-15-10-6-9-14(17)11-15/h3-11H,2,12H2,1H3,(H,18,20). The highest BCUT2D eigenvalue weighted by Gasteiger charge is 2.12. The summed E-state index contributed by atoms with van der Waals surface area (Å²) in [4.78, 5) is 14.0. The van der Waals surface area contributed by atoms with Crippen molar-refractivity contribution < 1.29 is 4.79 Å². The van der Waals surface area contributed by atoms with Crippen LogP contribution in [0.1, 0.15) is 12.5 Å². The highest BCUT2D eigenvalue weighted by atomic mass is 35.5. The molecule has 104 valence electrons. The Balaban J connectivity index is 2.02.